The largest absolute Gasteiger partial charge is 0.482 e. The zero-order valence-electron chi connectivity index (χ0n) is 10.3. The summed E-state index contributed by atoms with van der Waals surface area (Å²) in [6.45, 7) is 4.67. The summed E-state index contributed by atoms with van der Waals surface area (Å²) in [6.07, 6.45) is 0.853. The van der Waals surface area contributed by atoms with Crippen molar-refractivity contribution in [3.63, 3.8) is 0 Å². The van der Waals surface area contributed by atoms with Gasteiger partial charge in [-0.1, -0.05) is 13.0 Å². The molecule has 0 fully saturated rings. The van der Waals surface area contributed by atoms with Crippen LogP contribution in [0.15, 0.2) is 18.2 Å². The van der Waals surface area contributed by atoms with Gasteiger partial charge in [0.15, 0.2) is 6.61 Å². The van der Waals surface area contributed by atoms with Gasteiger partial charge in [0, 0.05) is 12.6 Å². The number of benzene rings is 1. The second kappa shape index (κ2) is 4.75. The molecule has 2 rings (SSSR count). The molecule has 0 bridgehead atoms. The summed E-state index contributed by atoms with van der Waals surface area (Å²) in [5.74, 6) is 0.741. The Kier molecular flexibility index (Phi) is 3.33. The number of rotatable bonds is 3. The molecule has 4 nitrogen and oxygen atoms in total. The molecule has 1 amide bonds. The van der Waals surface area contributed by atoms with Gasteiger partial charge >= 0.3 is 0 Å². The molecule has 0 radical (unpaired) electrons. The zero-order valence-corrected chi connectivity index (χ0v) is 10.3. The quantitative estimate of drug-likeness (QED) is 0.861. The van der Waals surface area contributed by atoms with Crippen molar-refractivity contribution < 1.29 is 9.53 Å². The van der Waals surface area contributed by atoms with Crippen LogP contribution in [0.25, 0.3) is 0 Å². The van der Waals surface area contributed by atoms with Gasteiger partial charge < -0.3 is 15.4 Å². The highest BCUT2D eigenvalue weighted by Gasteiger charge is 2.26. The maximum Gasteiger partial charge on any atom is 0.265 e. The van der Waals surface area contributed by atoms with Gasteiger partial charge in [0.2, 0.25) is 0 Å². The van der Waals surface area contributed by atoms with Crippen LogP contribution < -0.4 is 15.4 Å². The third-order valence-corrected chi connectivity index (χ3v) is 3.00. The average Bonchev–Trinajstić information content (AvgIpc) is 2.32. The van der Waals surface area contributed by atoms with E-state index in [2.05, 4.69) is 0 Å². The van der Waals surface area contributed by atoms with Gasteiger partial charge in [-0.2, -0.15) is 0 Å². The van der Waals surface area contributed by atoms with Crippen molar-refractivity contribution in [1.29, 1.82) is 0 Å². The number of anilines is 1. The maximum atomic E-state index is 11.9. The topological polar surface area (TPSA) is 55.6 Å². The second-order valence-electron chi connectivity index (χ2n) is 4.43. The number of ether oxygens (including phenoxy) is 1. The normalized spacial score (nSPS) is 16.4. The molecule has 4 heteroatoms. The molecule has 0 aromatic heterocycles. The van der Waals surface area contributed by atoms with Gasteiger partial charge in [0.05, 0.1) is 5.69 Å². The Morgan fingerprint density at radius 2 is 2.29 bits per heavy atom. The predicted octanol–water partition coefficient (Wildman–Crippen LogP) is 1.46. The lowest BCUT2D eigenvalue weighted by Crippen LogP contribution is -2.45. The van der Waals surface area contributed by atoms with Crippen molar-refractivity contribution in [2.75, 3.05) is 18.1 Å². The minimum absolute atomic E-state index is 0.00501. The van der Waals surface area contributed by atoms with Crippen LogP contribution in [0.4, 0.5) is 5.69 Å². The van der Waals surface area contributed by atoms with E-state index < -0.39 is 0 Å². The van der Waals surface area contributed by atoms with Gasteiger partial charge in [0.1, 0.15) is 5.75 Å². The van der Waals surface area contributed by atoms with Crippen LogP contribution in [0.1, 0.15) is 18.9 Å². The first-order valence-electron chi connectivity index (χ1n) is 5.91. The van der Waals surface area contributed by atoms with E-state index in [1.165, 1.54) is 0 Å². The van der Waals surface area contributed by atoms with Gasteiger partial charge in [-0.05, 0) is 31.0 Å². The number of carbonyl (C=O) groups excluding carboxylic acids is 1. The van der Waals surface area contributed by atoms with E-state index in [0.717, 1.165) is 23.4 Å². The second-order valence-corrected chi connectivity index (χ2v) is 4.43. The van der Waals surface area contributed by atoms with Gasteiger partial charge in [0.25, 0.3) is 5.91 Å². The summed E-state index contributed by atoms with van der Waals surface area (Å²) < 4.78 is 5.40. The van der Waals surface area contributed by atoms with Gasteiger partial charge in [-0.3, -0.25) is 4.79 Å². The van der Waals surface area contributed by atoms with Gasteiger partial charge in [-0.15, -0.1) is 0 Å². The summed E-state index contributed by atoms with van der Waals surface area (Å²) in [7, 11) is 0. The lowest BCUT2D eigenvalue weighted by Gasteiger charge is -2.31. The fourth-order valence-corrected chi connectivity index (χ4v) is 1.88. The summed E-state index contributed by atoms with van der Waals surface area (Å²) >= 11 is 0. The third-order valence-electron chi connectivity index (χ3n) is 3.00. The predicted molar refractivity (Wildman–Crippen MR) is 67.3 cm³/mol. The van der Waals surface area contributed by atoms with Crippen LogP contribution in [-0.2, 0) is 4.79 Å². The standard InChI is InChI=1S/C13H18N2O2/c1-3-10(14)7-15-11-6-9(2)4-5-12(11)17-8-13(15)16/h4-6,10H,3,7-8,14H2,1-2H3. The SMILES string of the molecule is CCC(N)CN1C(=O)COc2ccc(C)cc21. The molecule has 0 aliphatic carbocycles. The van der Waals surface area contributed by atoms with Gasteiger partial charge in [-0.25, -0.2) is 0 Å². The first kappa shape index (κ1) is 11.9. The molecule has 2 N–H and O–H groups in total. The van der Waals surface area contributed by atoms with E-state index in [1.807, 2.05) is 32.0 Å². The number of carbonyl (C=O) groups is 1. The first-order chi connectivity index (χ1) is 8.11. The molecule has 1 unspecified atom stereocenters. The summed E-state index contributed by atoms with van der Waals surface area (Å²) in [5.41, 5.74) is 7.87. The van der Waals surface area contributed by atoms with E-state index in [1.54, 1.807) is 4.90 Å². The number of hydrogen-bond donors (Lipinski definition) is 1. The van der Waals surface area contributed by atoms with Crippen LogP contribution in [0.3, 0.4) is 0 Å². The highest BCUT2D eigenvalue weighted by Crippen LogP contribution is 2.32. The van der Waals surface area contributed by atoms with Crippen molar-refractivity contribution in [3.8, 4) is 5.75 Å². The Labute approximate surface area is 101 Å². The molecule has 1 heterocycles. The fourth-order valence-electron chi connectivity index (χ4n) is 1.88. The molecule has 0 saturated carbocycles. The van der Waals surface area contributed by atoms with E-state index in [0.29, 0.717) is 6.54 Å². The Bertz CT molecular complexity index is 431. The molecule has 92 valence electrons. The number of fused-ring (bicyclic) bond motifs is 1. The molecule has 17 heavy (non-hydrogen) atoms. The molecular formula is C13H18N2O2. The van der Waals surface area contributed by atoms with Crippen LogP contribution in [-0.4, -0.2) is 25.1 Å². The Balaban J connectivity index is 2.32. The molecular weight excluding hydrogens is 216 g/mol. The zero-order chi connectivity index (χ0) is 12.4. The summed E-state index contributed by atoms with van der Waals surface area (Å²) in [5, 5.41) is 0. The van der Waals surface area contributed by atoms with Crippen LogP contribution >= 0.6 is 0 Å². The Hall–Kier alpha value is -1.55. The number of nitrogens with two attached hydrogens (primary N) is 1. The van der Waals surface area contributed by atoms with Crippen molar-refractivity contribution in [2.45, 2.75) is 26.3 Å². The molecule has 0 spiro atoms. The fraction of sp³-hybridized carbons (Fsp3) is 0.462. The Morgan fingerprint density at radius 1 is 1.53 bits per heavy atom. The number of nitrogens with zero attached hydrogens (tertiary/aromatic N) is 1. The lowest BCUT2D eigenvalue weighted by atomic mass is 10.1. The number of amides is 1. The minimum atomic E-state index is -0.0213. The Morgan fingerprint density at radius 3 is 3.00 bits per heavy atom. The summed E-state index contributed by atoms with van der Waals surface area (Å²) in [6, 6.07) is 5.86. The molecule has 1 atom stereocenters. The van der Waals surface area contributed by atoms with Crippen molar-refractivity contribution in [1.82, 2.24) is 0 Å². The van der Waals surface area contributed by atoms with Crippen LogP contribution in [0.5, 0.6) is 5.75 Å². The van der Waals surface area contributed by atoms with Crippen molar-refractivity contribution >= 4 is 11.6 Å². The smallest absolute Gasteiger partial charge is 0.265 e. The molecule has 1 aliphatic heterocycles. The average molecular weight is 234 g/mol. The van der Waals surface area contributed by atoms with Crippen LogP contribution in [0, 0.1) is 6.92 Å². The third kappa shape index (κ3) is 2.42. The molecule has 1 aliphatic rings. The van der Waals surface area contributed by atoms with E-state index in [4.69, 9.17) is 10.5 Å². The highest BCUT2D eigenvalue weighted by molar-refractivity contribution is 5.98. The molecule has 1 aromatic rings. The number of hydrogen-bond acceptors (Lipinski definition) is 3. The lowest BCUT2D eigenvalue weighted by molar-refractivity contribution is -0.121. The molecule has 0 saturated heterocycles. The first-order valence-corrected chi connectivity index (χ1v) is 5.91. The van der Waals surface area contributed by atoms with E-state index in [9.17, 15) is 4.79 Å². The van der Waals surface area contributed by atoms with Crippen molar-refractivity contribution in [3.05, 3.63) is 23.8 Å². The maximum absolute atomic E-state index is 11.9. The minimum Gasteiger partial charge on any atom is -0.482 e. The van der Waals surface area contributed by atoms with E-state index in [-0.39, 0.29) is 18.6 Å². The van der Waals surface area contributed by atoms with Crippen molar-refractivity contribution in [2.24, 2.45) is 5.73 Å². The molecule has 1 aromatic carbocycles. The van der Waals surface area contributed by atoms with Crippen LogP contribution in [0.2, 0.25) is 0 Å². The number of aryl methyl sites for hydroxylation is 1. The summed E-state index contributed by atoms with van der Waals surface area (Å²) in [4.78, 5) is 13.6. The highest BCUT2D eigenvalue weighted by atomic mass is 16.5. The van der Waals surface area contributed by atoms with E-state index >= 15 is 0 Å². The monoisotopic (exact) mass is 234 g/mol.